The summed E-state index contributed by atoms with van der Waals surface area (Å²) in [7, 11) is -3.00. The molecule has 15 heavy (non-hydrogen) atoms. The van der Waals surface area contributed by atoms with Gasteiger partial charge in [0.2, 0.25) is 0 Å². The lowest BCUT2D eigenvalue weighted by Crippen LogP contribution is -2.09. The van der Waals surface area contributed by atoms with Crippen molar-refractivity contribution in [3.05, 3.63) is 17.8 Å². The van der Waals surface area contributed by atoms with Gasteiger partial charge < -0.3 is 10.2 Å². The van der Waals surface area contributed by atoms with Gasteiger partial charge in [0, 0.05) is 13.0 Å². The molecule has 1 unspecified atom stereocenters. The van der Waals surface area contributed by atoms with Crippen molar-refractivity contribution in [1.29, 1.82) is 0 Å². The SMILES string of the molecule is NCCc1nc(C2CCCS2(=O)=O)co1. The van der Waals surface area contributed by atoms with Crippen LogP contribution >= 0.6 is 0 Å². The van der Waals surface area contributed by atoms with Crippen molar-refractivity contribution in [2.75, 3.05) is 12.3 Å². The third-order valence-corrected chi connectivity index (χ3v) is 4.79. The quantitative estimate of drug-likeness (QED) is 0.813. The number of oxazole rings is 1. The summed E-state index contributed by atoms with van der Waals surface area (Å²) in [6, 6.07) is 0. The molecule has 1 aromatic heterocycles. The number of nitrogens with two attached hydrogens (primary N) is 1. The molecule has 84 valence electrons. The lowest BCUT2D eigenvalue weighted by atomic mass is 10.2. The van der Waals surface area contributed by atoms with Crippen LogP contribution in [0.15, 0.2) is 10.7 Å². The molecule has 2 rings (SSSR count). The Morgan fingerprint density at radius 1 is 1.60 bits per heavy atom. The van der Waals surface area contributed by atoms with E-state index in [1.165, 1.54) is 6.26 Å². The van der Waals surface area contributed by atoms with Crippen LogP contribution in [0.5, 0.6) is 0 Å². The second-order valence-electron chi connectivity index (χ2n) is 3.70. The number of rotatable bonds is 3. The maximum Gasteiger partial charge on any atom is 0.195 e. The Bertz CT molecular complexity index is 438. The van der Waals surface area contributed by atoms with E-state index < -0.39 is 15.1 Å². The second-order valence-corrected chi connectivity index (χ2v) is 6.01. The molecule has 1 atom stereocenters. The molecule has 1 saturated heterocycles. The number of hydrogen-bond acceptors (Lipinski definition) is 5. The maximum atomic E-state index is 11.6. The Morgan fingerprint density at radius 2 is 2.40 bits per heavy atom. The van der Waals surface area contributed by atoms with E-state index >= 15 is 0 Å². The Hall–Kier alpha value is -0.880. The van der Waals surface area contributed by atoms with E-state index in [1.54, 1.807) is 0 Å². The summed E-state index contributed by atoms with van der Waals surface area (Å²) in [5.41, 5.74) is 5.90. The fourth-order valence-corrected chi connectivity index (χ4v) is 3.69. The van der Waals surface area contributed by atoms with E-state index in [4.69, 9.17) is 10.2 Å². The van der Waals surface area contributed by atoms with Gasteiger partial charge in [-0.05, 0) is 12.8 Å². The first-order valence-corrected chi connectivity index (χ1v) is 6.71. The molecular weight excluding hydrogens is 216 g/mol. The molecular formula is C9H14N2O3S. The predicted molar refractivity (Wildman–Crippen MR) is 55.0 cm³/mol. The number of aromatic nitrogens is 1. The Kier molecular flexibility index (Phi) is 2.79. The fourth-order valence-electron chi connectivity index (χ4n) is 1.83. The Morgan fingerprint density at radius 3 is 3.00 bits per heavy atom. The fraction of sp³-hybridized carbons (Fsp3) is 0.667. The van der Waals surface area contributed by atoms with Gasteiger partial charge in [0.15, 0.2) is 15.7 Å². The summed E-state index contributed by atoms with van der Waals surface area (Å²) in [6.45, 7) is 0.456. The van der Waals surface area contributed by atoms with Crippen LogP contribution < -0.4 is 5.73 Å². The summed E-state index contributed by atoms with van der Waals surface area (Å²) in [5, 5.41) is -0.465. The molecule has 1 aliphatic heterocycles. The van der Waals surface area contributed by atoms with Crippen LogP contribution in [0.25, 0.3) is 0 Å². The summed E-state index contributed by atoms with van der Waals surface area (Å²) >= 11 is 0. The molecule has 1 fully saturated rings. The zero-order chi connectivity index (χ0) is 10.9. The lowest BCUT2D eigenvalue weighted by Gasteiger charge is -2.03. The molecule has 0 aliphatic carbocycles. The highest BCUT2D eigenvalue weighted by Crippen LogP contribution is 2.33. The third kappa shape index (κ3) is 2.05. The van der Waals surface area contributed by atoms with Gasteiger partial charge in [-0.2, -0.15) is 0 Å². The molecule has 1 aromatic rings. The van der Waals surface area contributed by atoms with Gasteiger partial charge in [-0.1, -0.05) is 0 Å². The standard InChI is InChI=1S/C9H14N2O3S/c10-4-3-9-11-7(6-14-9)8-2-1-5-15(8,12)13/h6,8H,1-5,10H2. The van der Waals surface area contributed by atoms with Crippen LogP contribution in [0.2, 0.25) is 0 Å². The monoisotopic (exact) mass is 230 g/mol. The van der Waals surface area contributed by atoms with Gasteiger partial charge in [0.05, 0.1) is 11.4 Å². The molecule has 0 radical (unpaired) electrons. The highest BCUT2D eigenvalue weighted by Gasteiger charge is 2.34. The second kappa shape index (κ2) is 3.94. The molecule has 1 aliphatic rings. The average Bonchev–Trinajstić information content (AvgIpc) is 2.72. The number of sulfone groups is 1. The molecule has 0 amide bonds. The number of nitrogens with zero attached hydrogens (tertiary/aromatic N) is 1. The lowest BCUT2D eigenvalue weighted by molar-refractivity contribution is 0.495. The molecule has 5 nitrogen and oxygen atoms in total. The minimum absolute atomic E-state index is 0.261. The van der Waals surface area contributed by atoms with Crippen LogP contribution in [-0.2, 0) is 16.3 Å². The third-order valence-electron chi connectivity index (χ3n) is 2.59. The molecule has 0 saturated carbocycles. The molecule has 0 spiro atoms. The minimum atomic E-state index is -3.00. The summed E-state index contributed by atoms with van der Waals surface area (Å²) in [5.74, 6) is 0.783. The van der Waals surface area contributed by atoms with E-state index in [0.717, 1.165) is 0 Å². The van der Waals surface area contributed by atoms with Gasteiger partial charge in [-0.25, -0.2) is 13.4 Å². The van der Waals surface area contributed by atoms with Gasteiger partial charge in [-0.15, -0.1) is 0 Å². The highest BCUT2D eigenvalue weighted by molar-refractivity contribution is 7.91. The molecule has 6 heteroatoms. The van der Waals surface area contributed by atoms with Crippen LogP contribution in [0, 0.1) is 0 Å². The zero-order valence-electron chi connectivity index (χ0n) is 8.35. The predicted octanol–water partition coefficient (Wildman–Crippen LogP) is 0.425. The zero-order valence-corrected chi connectivity index (χ0v) is 9.16. The number of hydrogen-bond donors (Lipinski definition) is 1. The van der Waals surface area contributed by atoms with E-state index in [0.29, 0.717) is 37.4 Å². The van der Waals surface area contributed by atoms with E-state index in [2.05, 4.69) is 4.98 Å². The topological polar surface area (TPSA) is 86.2 Å². The van der Waals surface area contributed by atoms with Crippen molar-refractivity contribution in [1.82, 2.24) is 4.98 Å². The van der Waals surface area contributed by atoms with Gasteiger partial charge >= 0.3 is 0 Å². The van der Waals surface area contributed by atoms with E-state index in [9.17, 15) is 8.42 Å². The van der Waals surface area contributed by atoms with Crippen LogP contribution in [0.4, 0.5) is 0 Å². The first-order valence-electron chi connectivity index (χ1n) is 4.99. The van der Waals surface area contributed by atoms with Crippen molar-refractivity contribution in [2.24, 2.45) is 5.73 Å². The van der Waals surface area contributed by atoms with Crippen LogP contribution in [-0.4, -0.2) is 25.7 Å². The summed E-state index contributed by atoms with van der Waals surface area (Å²) in [6.07, 6.45) is 3.36. The van der Waals surface area contributed by atoms with E-state index in [1.807, 2.05) is 0 Å². The normalized spacial score (nSPS) is 24.5. The van der Waals surface area contributed by atoms with Crippen molar-refractivity contribution in [2.45, 2.75) is 24.5 Å². The van der Waals surface area contributed by atoms with Gasteiger partial charge in [0.1, 0.15) is 11.5 Å². The van der Waals surface area contributed by atoms with Gasteiger partial charge in [-0.3, -0.25) is 0 Å². The molecule has 2 N–H and O–H groups in total. The Labute approximate surface area is 88.6 Å². The Balaban J connectivity index is 2.22. The van der Waals surface area contributed by atoms with Gasteiger partial charge in [0.25, 0.3) is 0 Å². The van der Waals surface area contributed by atoms with Crippen molar-refractivity contribution in [3.8, 4) is 0 Å². The van der Waals surface area contributed by atoms with Crippen molar-refractivity contribution >= 4 is 9.84 Å². The van der Waals surface area contributed by atoms with Crippen molar-refractivity contribution < 1.29 is 12.8 Å². The largest absolute Gasteiger partial charge is 0.449 e. The summed E-state index contributed by atoms with van der Waals surface area (Å²) < 4.78 is 28.4. The molecule has 2 heterocycles. The first-order chi connectivity index (χ1) is 7.13. The highest BCUT2D eigenvalue weighted by atomic mass is 32.2. The first kappa shape index (κ1) is 10.6. The average molecular weight is 230 g/mol. The maximum absolute atomic E-state index is 11.6. The minimum Gasteiger partial charge on any atom is -0.449 e. The van der Waals surface area contributed by atoms with Crippen molar-refractivity contribution in [3.63, 3.8) is 0 Å². The smallest absolute Gasteiger partial charge is 0.195 e. The van der Waals surface area contributed by atoms with Crippen LogP contribution in [0.1, 0.15) is 29.7 Å². The van der Waals surface area contributed by atoms with Crippen LogP contribution in [0.3, 0.4) is 0 Å². The van der Waals surface area contributed by atoms with E-state index in [-0.39, 0.29) is 5.75 Å². The summed E-state index contributed by atoms with van der Waals surface area (Å²) in [4.78, 5) is 4.15. The molecule has 0 bridgehead atoms. The molecule has 0 aromatic carbocycles.